The van der Waals surface area contributed by atoms with Gasteiger partial charge in [0.05, 0.1) is 5.56 Å². The standard InChI is InChI=1S/C30H32F3N3O2/c31-30(32,33)24-16-14-23(15-17-24)28(37)36-26(29(38)35-20-21-9-3-1-4-10-21)13-7-8-18-34-27-19-25(27)22-11-5-2-6-12-22/h1-6,9-12,14-17,25-27,34H,7-8,13,18-20H2,(H,35,38)(H,36,37)/t25?,26-,27?/m0/s1. The van der Waals surface area contributed by atoms with Crippen molar-refractivity contribution in [3.8, 4) is 0 Å². The number of benzene rings is 3. The van der Waals surface area contributed by atoms with Crippen LogP contribution in [0.15, 0.2) is 84.9 Å². The van der Waals surface area contributed by atoms with Crippen molar-refractivity contribution < 1.29 is 22.8 Å². The van der Waals surface area contributed by atoms with Gasteiger partial charge in [-0.1, -0.05) is 60.7 Å². The van der Waals surface area contributed by atoms with Crippen molar-refractivity contribution in [3.05, 3.63) is 107 Å². The number of carbonyl (C=O) groups excluding carboxylic acids is 2. The Morgan fingerprint density at radius 1 is 0.868 bits per heavy atom. The number of amides is 2. The molecule has 4 rings (SSSR count). The fraction of sp³-hybridized carbons (Fsp3) is 0.333. The Morgan fingerprint density at radius 3 is 2.18 bits per heavy atom. The van der Waals surface area contributed by atoms with Gasteiger partial charge in [-0.25, -0.2) is 0 Å². The lowest BCUT2D eigenvalue weighted by molar-refractivity contribution is -0.137. The third-order valence-electron chi connectivity index (χ3n) is 6.75. The molecule has 3 atom stereocenters. The van der Waals surface area contributed by atoms with Gasteiger partial charge in [-0.3, -0.25) is 9.59 Å². The molecule has 0 radical (unpaired) electrons. The van der Waals surface area contributed by atoms with Crippen LogP contribution in [0.5, 0.6) is 0 Å². The lowest BCUT2D eigenvalue weighted by Gasteiger charge is -2.19. The fourth-order valence-corrected chi connectivity index (χ4v) is 4.48. The first-order valence-electron chi connectivity index (χ1n) is 12.9. The number of carbonyl (C=O) groups is 2. The summed E-state index contributed by atoms with van der Waals surface area (Å²) in [5, 5.41) is 9.13. The summed E-state index contributed by atoms with van der Waals surface area (Å²) >= 11 is 0. The monoisotopic (exact) mass is 523 g/mol. The van der Waals surface area contributed by atoms with Gasteiger partial charge < -0.3 is 16.0 Å². The summed E-state index contributed by atoms with van der Waals surface area (Å²) in [4.78, 5) is 25.7. The van der Waals surface area contributed by atoms with E-state index in [9.17, 15) is 22.8 Å². The summed E-state index contributed by atoms with van der Waals surface area (Å²) in [7, 11) is 0. The second-order valence-corrected chi connectivity index (χ2v) is 9.61. The van der Waals surface area contributed by atoms with Crippen LogP contribution in [-0.2, 0) is 17.5 Å². The van der Waals surface area contributed by atoms with Crippen LogP contribution in [-0.4, -0.2) is 30.4 Å². The van der Waals surface area contributed by atoms with Gasteiger partial charge in [0, 0.05) is 24.1 Å². The summed E-state index contributed by atoms with van der Waals surface area (Å²) in [6.45, 7) is 1.12. The van der Waals surface area contributed by atoms with Crippen molar-refractivity contribution in [2.75, 3.05) is 6.54 Å². The molecule has 1 fully saturated rings. The van der Waals surface area contributed by atoms with Crippen LogP contribution in [0.1, 0.15) is 58.6 Å². The Hall–Kier alpha value is -3.65. The van der Waals surface area contributed by atoms with Gasteiger partial charge in [0.15, 0.2) is 0 Å². The minimum Gasteiger partial charge on any atom is -0.350 e. The molecule has 0 heterocycles. The molecule has 0 saturated heterocycles. The molecule has 8 heteroatoms. The van der Waals surface area contributed by atoms with Crippen molar-refractivity contribution in [1.29, 1.82) is 0 Å². The molecule has 0 bridgehead atoms. The highest BCUT2D eigenvalue weighted by molar-refractivity contribution is 5.97. The van der Waals surface area contributed by atoms with Gasteiger partial charge in [-0.2, -0.15) is 13.2 Å². The van der Waals surface area contributed by atoms with Crippen molar-refractivity contribution in [1.82, 2.24) is 16.0 Å². The third kappa shape index (κ3) is 7.92. The quantitative estimate of drug-likeness (QED) is 0.277. The first kappa shape index (κ1) is 27.4. The predicted molar refractivity (Wildman–Crippen MR) is 140 cm³/mol. The van der Waals surface area contributed by atoms with E-state index in [4.69, 9.17) is 0 Å². The van der Waals surface area contributed by atoms with Crippen LogP contribution >= 0.6 is 0 Å². The molecule has 5 nitrogen and oxygen atoms in total. The molecule has 200 valence electrons. The zero-order chi connectivity index (χ0) is 27.0. The highest BCUT2D eigenvalue weighted by Gasteiger charge is 2.37. The number of hydrogen-bond acceptors (Lipinski definition) is 3. The minimum atomic E-state index is -4.48. The minimum absolute atomic E-state index is 0.0706. The zero-order valence-corrected chi connectivity index (χ0v) is 21.0. The van der Waals surface area contributed by atoms with E-state index in [1.54, 1.807) is 0 Å². The van der Waals surface area contributed by atoms with Gasteiger partial charge >= 0.3 is 6.18 Å². The molecule has 1 saturated carbocycles. The molecular weight excluding hydrogens is 491 g/mol. The number of rotatable bonds is 12. The molecule has 0 aliphatic heterocycles. The maximum absolute atomic E-state index is 13.0. The number of nitrogens with one attached hydrogen (secondary N) is 3. The van der Waals surface area contributed by atoms with Crippen molar-refractivity contribution in [2.24, 2.45) is 0 Å². The molecule has 1 aliphatic carbocycles. The zero-order valence-electron chi connectivity index (χ0n) is 21.0. The fourth-order valence-electron chi connectivity index (χ4n) is 4.48. The highest BCUT2D eigenvalue weighted by Crippen LogP contribution is 2.40. The first-order chi connectivity index (χ1) is 18.3. The molecule has 2 amide bonds. The van der Waals surface area contributed by atoms with E-state index in [0.29, 0.717) is 31.3 Å². The van der Waals surface area contributed by atoms with E-state index < -0.39 is 23.7 Å². The number of halogens is 3. The van der Waals surface area contributed by atoms with Gasteiger partial charge in [-0.15, -0.1) is 0 Å². The number of unbranched alkanes of at least 4 members (excludes halogenated alkanes) is 1. The van der Waals surface area contributed by atoms with Gasteiger partial charge in [0.2, 0.25) is 5.91 Å². The Bertz CT molecular complexity index is 1180. The van der Waals surface area contributed by atoms with Crippen LogP contribution in [0.2, 0.25) is 0 Å². The van der Waals surface area contributed by atoms with E-state index >= 15 is 0 Å². The molecule has 38 heavy (non-hydrogen) atoms. The van der Waals surface area contributed by atoms with Crippen LogP contribution in [0.3, 0.4) is 0 Å². The van der Waals surface area contributed by atoms with Crippen LogP contribution < -0.4 is 16.0 Å². The molecule has 3 N–H and O–H groups in total. The molecule has 0 aromatic heterocycles. The van der Waals surface area contributed by atoms with Crippen LogP contribution in [0.4, 0.5) is 13.2 Å². The van der Waals surface area contributed by atoms with Gasteiger partial charge in [-0.05, 0) is 67.6 Å². The Morgan fingerprint density at radius 2 is 1.53 bits per heavy atom. The van der Waals surface area contributed by atoms with E-state index in [1.807, 2.05) is 48.5 Å². The maximum atomic E-state index is 13.0. The second kappa shape index (κ2) is 12.7. The first-order valence-corrected chi connectivity index (χ1v) is 12.9. The highest BCUT2D eigenvalue weighted by atomic mass is 19.4. The molecule has 0 spiro atoms. The third-order valence-corrected chi connectivity index (χ3v) is 6.75. The number of hydrogen-bond donors (Lipinski definition) is 3. The van der Waals surface area contributed by atoms with Crippen LogP contribution in [0.25, 0.3) is 0 Å². The lowest BCUT2D eigenvalue weighted by atomic mass is 10.1. The normalized spacial score (nSPS) is 17.4. The second-order valence-electron chi connectivity index (χ2n) is 9.61. The van der Waals surface area contributed by atoms with Gasteiger partial charge in [0.25, 0.3) is 5.91 Å². The van der Waals surface area contributed by atoms with E-state index in [-0.39, 0.29) is 11.5 Å². The molecule has 3 aromatic carbocycles. The Labute approximate surface area is 220 Å². The Kier molecular flexibility index (Phi) is 9.18. The van der Waals surface area contributed by atoms with Crippen LogP contribution in [0, 0.1) is 0 Å². The average molecular weight is 524 g/mol. The molecule has 1 aliphatic rings. The summed E-state index contributed by atoms with van der Waals surface area (Å²) in [6, 6.07) is 23.5. The summed E-state index contributed by atoms with van der Waals surface area (Å²) < 4.78 is 38.6. The topological polar surface area (TPSA) is 70.2 Å². The van der Waals surface area contributed by atoms with E-state index in [0.717, 1.165) is 49.2 Å². The molecule has 2 unspecified atom stereocenters. The summed E-state index contributed by atoms with van der Waals surface area (Å²) in [5.41, 5.74) is 1.51. The van der Waals surface area contributed by atoms with E-state index in [2.05, 4.69) is 28.1 Å². The molecule has 3 aromatic rings. The van der Waals surface area contributed by atoms with Crippen molar-refractivity contribution in [2.45, 2.75) is 56.4 Å². The smallest absolute Gasteiger partial charge is 0.350 e. The maximum Gasteiger partial charge on any atom is 0.416 e. The van der Waals surface area contributed by atoms with Crippen molar-refractivity contribution >= 4 is 11.8 Å². The largest absolute Gasteiger partial charge is 0.416 e. The summed E-state index contributed by atoms with van der Waals surface area (Å²) in [5.74, 6) is -0.371. The number of alkyl halides is 3. The predicted octanol–water partition coefficient (Wildman–Crippen LogP) is 5.44. The average Bonchev–Trinajstić information content (AvgIpc) is 3.71. The Balaban J connectivity index is 1.28. The SMILES string of the molecule is O=C(N[C@@H](CCCCNC1CC1c1ccccc1)C(=O)NCc1ccccc1)c1ccc(C(F)(F)F)cc1. The molecular formula is C30H32F3N3O2. The van der Waals surface area contributed by atoms with E-state index in [1.165, 1.54) is 5.56 Å². The summed E-state index contributed by atoms with van der Waals surface area (Å²) in [6.07, 6.45) is -1.42. The van der Waals surface area contributed by atoms with Gasteiger partial charge in [0.1, 0.15) is 6.04 Å². The lowest BCUT2D eigenvalue weighted by Crippen LogP contribution is -2.46. The van der Waals surface area contributed by atoms with Crippen molar-refractivity contribution in [3.63, 3.8) is 0 Å².